The summed E-state index contributed by atoms with van der Waals surface area (Å²) in [5.41, 5.74) is 3.04. The van der Waals surface area contributed by atoms with Gasteiger partial charge in [-0.1, -0.05) is 65.4 Å². The van der Waals surface area contributed by atoms with Gasteiger partial charge in [0, 0.05) is 18.9 Å². The zero-order chi connectivity index (χ0) is 19.2. The van der Waals surface area contributed by atoms with Crippen molar-refractivity contribution in [3.63, 3.8) is 0 Å². The number of amides is 2. The van der Waals surface area contributed by atoms with Crippen LogP contribution in [0.2, 0.25) is 0 Å². The molecule has 1 atom stereocenters. The standard InChI is InChI=1S/C20H20N4O2S/c1-13-7-6-10-16(11-13)19-23-24-20(27-19)22-18(26)17(21-14(2)25)12-15-8-4-3-5-9-15/h3-11,17H,12H2,1-2H3,(H,21,25)(H,22,24,26). The van der Waals surface area contributed by atoms with E-state index in [0.29, 0.717) is 11.6 Å². The molecule has 1 aromatic heterocycles. The number of carbonyl (C=O) groups excluding carboxylic acids is 2. The number of rotatable bonds is 6. The van der Waals surface area contributed by atoms with Crippen LogP contribution in [0.4, 0.5) is 5.13 Å². The number of nitrogens with one attached hydrogen (secondary N) is 2. The summed E-state index contributed by atoms with van der Waals surface area (Å²) in [5, 5.41) is 14.8. The number of anilines is 1. The number of hydrogen-bond donors (Lipinski definition) is 2. The molecule has 0 saturated carbocycles. The summed E-state index contributed by atoms with van der Waals surface area (Å²) >= 11 is 1.30. The number of benzene rings is 2. The molecule has 0 aliphatic carbocycles. The summed E-state index contributed by atoms with van der Waals surface area (Å²) in [6.07, 6.45) is 0.399. The molecule has 1 unspecified atom stereocenters. The normalized spacial score (nSPS) is 11.6. The second-order valence-electron chi connectivity index (χ2n) is 6.21. The molecule has 6 nitrogen and oxygen atoms in total. The van der Waals surface area contributed by atoms with Crippen LogP contribution in [0.15, 0.2) is 54.6 Å². The third-order valence-corrected chi connectivity index (χ3v) is 4.78. The van der Waals surface area contributed by atoms with Crippen molar-refractivity contribution in [3.05, 3.63) is 65.7 Å². The predicted octanol–water partition coefficient (Wildman–Crippen LogP) is 3.20. The Bertz CT molecular complexity index is 940. The van der Waals surface area contributed by atoms with Crippen LogP contribution in [0.1, 0.15) is 18.1 Å². The molecule has 2 amide bonds. The van der Waals surface area contributed by atoms with E-state index < -0.39 is 6.04 Å². The van der Waals surface area contributed by atoms with Crippen LogP contribution in [-0.4, -0.2) is 28.1 Å². The molecule has 0 radical (unpaired) electrons. The van der Waals surface area contributed by atoms with Crippen LogP contribution in [0.25, 0.3) is 10.6 Å². The van der Waals surface area contributed by atoms with Crippen LogP contribution in [0.5, 0.6) is 0 Å². The van der Waals surface area contributed by atoms with Gasteiger partial charge in [-0.15, -0.1) is 10.2 Å². The highest BCUT2D eigenvalue weighted by Gasteiger charge is 2.21. The molecule has 0 bridgehead atoms. The van der Waals surface area contributed by atoms with Gasteiger partial charge in [0.1, 0.15) is 11.0 Å². The Labute approximate surface area is 161 Å². The predicted molar refractivity (Wildman–Crippen MR) is 106 cm³/mol. The number of nitrogens with zero attached hydrogens (tertiary/aromatic N) is 2. The first-order valence-corrected chi connectivity index (χ1v) is 9.35. The van der Waals surface area contributed by atoms with Crippen LogP contribution in [0.3, 0.4) is 0 Å². The largest absolute Gasteiger partial charge is 0.344 e. The van der Waals surface area contributed by atoms with Crippen LogP contribution >= 0.6 is 11.3 Å². The van der Waals surface area contributed by atoms with E-state index in [-0.39, 0.29) is 11.8 Å². The molecular weight excluding hydrogens is 360 g/mol. The minimum atomic E-state index is -0.684. The highest BCUT2D eigenvalue weighted by molar-refractivity contribution is 7.18. The Balaban J connectivity index is 1.72. The molecule has 0 aliphatic rings. The minimum absolute atomic E-state index is 0.260. The molecule has 3 rings (SSSR count). The van der Waals surface area contributed by atoms with E-state index in [0.717, 1.165) is 21.7 Å². The van der Waals surface area contributed by atoms with E-state index in [1.54, 1.807) is 0 Å². The summed E-state index contributed by atoms with van der Waals surface area (Å²) in [6.45, 7) is 3.40. The summed E-state index contributed by atoms with van der Waals surface area (Å²) in [4.78, 5) is 24.2. The Kier molecular flexibility index (Phi) is 5.93. The number of carbonyl (C=O) groups is 2. The van der Waals surface area contributed by atoms with E-state index in [1.165, 1.54) is 18.3 Å². The third-order valence-electron chi connectivity index (χ3n) is 3.90. The number of aryl methyl sites for hydroxylation is 1. The Hall–Kier alpha value is -3.06. The average Bonchev–Trinajstić information content (AvgIpc) is 3.10. The first-order valence-electron chi connectivity index (χ1n) is 8.53. The van der Waals surface area contributed by atoms with Gasteiger partial charge in [0.25, 0.3) is 0 Å². The maximum atomic E-state index is 12.7. The van der Waals surface area contributed by atoms with Gasteiger partial charge in [-0.25, -0.2) is 0 Å². The molecular formula is C20H20N4O2S. The van der Waals surface area contributed by atoms with Gasteiger partial charge in [0.2, 0.25) is 16.9 Å². The molecule has 2 N–H and O–H groups in total. The van der Waals surface area contributed by atoms with Gasteiger partial charge >= 0.3 is 0 Å². The topological polar surface area (TPSA) is 84.0 Å². The molecule has 0 spiro atoms. The lowest BCUT2D eigenvalue weighted by Gasteiger charge is -2.16. The van der Waals surface area contributed by atoms with Crippen molar-refractivity contribution in [3.8, 4) is 10.6 Å². The fourth-order valence-corrected chi connectivity index (χ4v) is 3.41. The number of aromatic nitrogens is 2. The Morgan fingerprint density at radius 1 is 1.07 bits per heavy atom. The van der Waals surface area contributed by atoms with Gasteiger partial charge in [-0.2, -0.15) is 0 Å². The molecule has 138 valence electrons. The molecule has 7 heteroatoms. The lowest BCUT2D eigenvalue weighted by atomic mass is 10.1. The van der Waals surface area contributed by atoms with Crippen LogP contribution in [-0.2, 0) is 16.0 Å². The fourth-order valence-electron chi connectivity index (χ4n) is 2.67. The summed E-state index contributed by atoms with van der Waals surface area (Å²) in [7, 11) is 0. The number of hydrogen-bond acceptors (Lipinski definition) is 5. The first kappa shape index (κ1) is 18.7. The Morgan fingerprint density at radius 3 is 2.56 bits per heavy atom. The molecule has 3 aromatic rings. The summed E-state index contributed by atoms with van der Waals surface area (Å²) < 4.78 is 0. The van der Waals surface area contributed by atoms with Gasteiger partial charge < -0.3 is 5.32 Å². The van der Waals surface area contributed by atoms with Crippen molar-refractivity contribution in [1.29, 1.82) is 0 Å². The molecule has 0 fully saturated rings. The highest BCUT2D eigenvalue weighted by atomic mass is 32.1. The second kappa shape index (κ2) is 8.55. The zero-order valence-electron chi connectivity index (χ0n) is 15.1. The van der Waals surface area contributed by atoms with Gasteiger partial charge in [0.15, 0.2) is 0 Å². The van der Waals surface area contributed by atoms with Gasteiger partial charge in [-0.3, -0.25) is 14.9 Å². The van der Waals surface area contributed by atoms with Crippen molar-refractivity contribution in [2.24, 2.45) is 0 Å². The molecule has 0 saturated heterocycles. The summed E-state index contributed by atoms with van der Waals surface area (Å²) in [5.74, 6) is -0.579. The molecule has 1 heterocycles. The first-order chi connectivity index (χ1) is 13.0. The quantitative estimate of drug-likeness (QED) is 0.688. The van der Waals surface area contributed by atoms with Gasteiger partial charge in [-0.05, 0) is 18.6 Å². The fraction of sp³-hybridized carbons (Fsp3) is 0.200. The third kappa shape index (κ3) is 5.21. The average molecular weight is 380 g/mol. The lowest BCUT2D eigenvalue weighted by Crippen LogP contribution is -2.44. The van der Waals surface area contributed by atoms with Crippen molar-refractivity contribution in [1.82, 2.24) is 15.5 Å². The van der Waals surface area contributed by atoms with E-state index in [9.17, 15) is 9.59 Å². The minimum Gasteiger partial charge on any atom is -0.344 e. The zero-order valence-corrected chi connectivity index (χ0v) is 15.9. The van der Waals surface area contributed by atoms with Crippen molar-refractivity contribution in [2.45, 2.75) is 26.3 Å². The highest BCUT2D eigenvalue weighted by Crippen LogP contribution is 2.26. The van der Waals surface area contributed by atoms with Gasteiger partial charge in [0.05, 0.1) is 0 Å². The smallest absolute Gasteiger partial charge is 0.249 e. The van der Waals surface area contributed by atoms with Crippen LogP contribution in [0, 0.1) is 6.92 Å². The lowest BCUT2D eigenvalue weighted by molar-refractivity contribution is -0.125. The summed E-state index contributed by atoms with van der Waals surface area (Å²) in [6, 6.07) is 16.8. The van der Waals surface area contributed by atoms with E-state index in [2.05, 4.69) is 20.8 Å². The maximum Gasteiger partial charge on any atom is 0.249 e. The van der Waals surface area contributed by atoms with Crippen LogP contribution < -0.4 is 10.6 Å². The van der Waals surface area contributed by atoms with E-state index in [4.69, 9.17) is 0 Å². The van der Waals surface area contributed by atoms with E-state index >= 15 is 0 Å². The monoisotopic (exact) mass is 380 g/mol. The molecule has 2 aromatic carbocycles. The maximum absolute atomic E-state index is 12.7. The Morgan fingerprint density at radius 2 is 1.85 bits per heavy atom. The van der Waals surface area contributed by atoms with Crippen molar-refractivity contribution >= 4 is 28.3 Å². The van der Waals surface area contributed by atoms with E-state index in [1.807, 2.05) is 61.5 Å². The second-order valence-corrected chi connectivity index (χ2v) is 7.19. The van der Waals surface area contributed by atoms with Crippen molar-refractivity contribution < 1.29 is 9.59 Å². The molecule has 0 aliphatic heterocycles. The molecule has 27 heavy (non-hydrogen) atoms. The van der Waals surface area contributed by atoms with Crippen molar-refractivity contribution in [2.75, 3.05) is 5.32 Å². The SMILES string of the molecule is CC(=O)NC(Cc1ccccc1)C(=O)Nc1nnc(-c2cccc(C)c2)s1.